The van der Waals surface area contributed by atoms with Gasteiger partial charge in [0.1, 0.15) is 0 Å². The van der Waals surface area contributed by atoms with Gasteiger partial charge < -0.3 is 19.5 Å². The van der Waals surface area contributed by atoms with Gasteiger partial charge >= 0.3 is 0 Å². The normalized spacial score (nSPS) is 11.5. The van der Waals surface area contributed by atoms with Crippen molar-refractivity contribution >= 4 is 5.91 Å². The Kier molecular flexibility index (Phi) is 7.93. The molecule has 1 atom stereocenters. The molecule has 0 aliphatic carbocycles. The van der Waals surface area contributed by atoms with E-state index in [-0.39, 0.29) is 18.4 Å². The maximum atomic E-state index is 12.9. The number of nitrogens with one attached hydrogen (secondary N) is 1. The van der Waals surface area contributed by atoms with Crippen molar-refractivity contribution < 1.29 is 19.0 Å². The van der Waals surface area contributed by atoms with Crippen LogP contribution in [0.2, 0.25) is 0 Å². The van der Waals surface area contributed by atoms with E-state index in [9.17, 15) is 4.79 Å². The maximum absolute atomic E-state index is 12.9. The summed E-state index contributed by atoms with van der Waals surface area (Å²) < 4.78 is 16.2. The van der Waals surface area contributed by atoms with E-state index >= 15 is 0 Å². The SMILES string of the molecule is COc1cc(CC(=O)NC(CCc2ccccc2)c2ccccc2)cc(OC)c1OC. The van der Waals surface area contributed by atoms with Gasteiger partial charge in [0, 0.05) is 0 Å². The van der Waals surface area contributed by atoms with Gasteiger partial charge in [-0.25, -0.2) is 0 Å². The first-order valence-corrected chi connectivity index (χ1v) is 10.3. The van der Waals surface area contributed by atoms with Gasteiger partial charge in [-0.3, -0.25) is 4.79 Å². The van der Waals surface area contributed by atoms with E-state index in [0.29, 0.717) is 17.2 Å². The number of hydrogen-bond donors (Lipinski definition) is 1. The molecule has 162 valence electrons. The van der Waals surface area contributed by atoms with Gasteiger partial charge in [-0.15, -0.1) is 0 Å². The molecule has 0 bridgehead atoms. The zero-order chi connectivity index (χ0) is 22.1. The molecule has 0 saturated heterocycles. The molecule has 1 N–H and O–H groups in total. The first-order valence-electron chi connectivity index (χ1n) is 10.3. The fourth-order valence-electron chi connectivity index (χ4n) is 3.63. The van der Waals surface area contributed by atoms with Gasteiger partial charge in [0.05, 0.1) is 33.8 Å². The molecule has 3 rings (SSSR count). The topological polar surface area (TPSA) is 56.8 Å². The number of amides is 1. The molecule has 31 heavy (non-hydrogen) atoms. The number of rotatable bonds is 10. The predicted molar refractivity (Wildman–Crippen MR) is 122 cm³/mol. The van der Waals surface area contributed by atoms with Crippen molar-refractivity contribution in [3.05, 3.63) is 89.5 Å². The van der Waals surface area contributed by atoms with E-state index in [1.165, 1.54) is 5.56 Å². The van der Waals surface area contributed by atoms with Crippen LogP contribution in [0.15, 0.2) is 72.8 Å². The van der Waals surface area contributed by atoms with E-state index in [1.54, 1.807) is 21.3 Å². The maximum Gasteiger partial charge on any atom is 0.224 e. The summed E-state index contributed by atoms with van der Waals surface area (Å²) >= 11 is 0. The summed E-state index contributed by atoms with van der Waals surface area (Å²) in [6, 6.07) is 23.9. The molecule has 0 aliphatic rings. The Hall–Kier alpha value is -3.47. The van der Waals surface area contributed by atoms with Crippen LogP contribution in [0.5, 0.6) is 17.2 Å². The molecule has 5 heteroatoms. The molecule has 0 fully saturated rings. The lowest BCUT2D eigenvalue weighted by molar-refractivity contribution is -0.121. The van der Waals surface area contributed by atoms with Crippen LogP contribution in [0.4, 0.5) is 0 Å². The van der Waals surface area contributed by atoms with Gasteiger partial charge in [-0.05, 0) is 41.7 Å². The first kappa shape index (κ1) is 22.2. The van der Waals surface area contributed by atoms with Crippen molar-refractivity contribution in [2.75, 3.05) is 21.3 Å². The second-order valence-electron chi connectivity index (χ2n) is 7.27. The minimum absolute atomic E-state index is 0.0591. The zero-order valence-corrected chi connectivity index (χ0v) is 18.3. The lowest BCUT2D eigenvalue weighted by atomic mass is 9.98. The number of carbonyl (C=O) groups is 1. The highest BCUT2D eigenvalue weighted by atomic mass is 16.5. The molecule has 0 saturated carbocycles. The van der Waals surface area contributed by atoms with E-state index in [2.05, 4.69) is 29.6 Å². The molecule has 1 amide bonds. The minimum atomic E-state index is -0.0732. The monoisotopic (exact) mass is 419 g/mol. The van der Waals surface area contributed by atoms with E-state index < -0.39 is 0 Å². The number of carbonyl (C=O) groups excluding carboxylic acids is 1. The molecular formula is C26H29NO4. The summed E-state index contributed by atoms with van der Waals surface area (Å²) in [6.07, 6.45) is 1.91. The number of hydrogen-bond acceptors (Lipinski definition) is 4. The predicted octanol–water partition coefficient (Wildman–Crippen LogP) is 4.75. The zero-order valence-electron chi connectivity index (χ0n) is 18.3. The average Bonchev–Trinajstić information content (AvgIpc) is 2.82. The second kappa shape index (κ2) is 11.1. The van der Waals surface area contributed by atoms with Crippen LogP contribution in [0.3, 0.4) is 0 Å². The van der Waals surface area contributed by atoms with Crippen LogP contribution in [0, 0.1) is 0 Å². The second-order valence-corrected chi connectivity index (χ2v) is 7.27. The highest BCUT2D eigenvalue weighted by Crippen LogP contribution is 2.38. The standard InChI is InChI=1S/C26H29NO4/c1-29-23-16-20(17-24(30-2)26(23)31-3)18-25(28)27-22(21-12-8-5-9-13-21)15-14-19-10-6-4-7-11-19/h4-13,16-17,22H,14-15,18H2,1-3H3,(H,27,28). The number of benzene rings is 3. The fraction of sp³-hybridized carbons (Fsp3) is 0.269. The van der Waals surface area contributed by atoms with Crippen molar-refractivity contribution in [1.82, 2.24) is 5.32 Å². The average molecular weight is 420 g/mol. The largest absolute Gasteiger partial charge is 0.493 e. The lowest BCUT2D eigenvalue weighted by Gasteiger charge is -2.20. The third-order valence-electron chi connectivity index (χ3n) is 5.19. The third kappa shape index (κ3) is 6.01. The summed E-state index contributed by atoms with van der Waals surface area (Å²) in [5.74, 6) is 1.53. The molecular weight excluding hydrogens is 390 g/mol. The van der Waals surface area contributed by atoms with E-state index in [4.69, 9.17) is 14.2 Å². The summed E-state index contributed by atoms with van der Waals surface area (Å²) in [4.78, 5) is 12.9. The highest BCUT2D eigenvalue weighted by Gasteiger charge is 2.18. The van der Waals surface area contributed by atoms with Gasteiger partial charge in [0.25, 0.3) is 0 Å². The van der Waals surface area contributed by atoms with Crippen LogP contribution in [0.25, 0.3) is 0 Å². The van der Waals surface area contributed by atoms with Crippen molar-refractivity contribution in [2.24, 2.45) is 0 Å². The van der Waals surface area contributed by atoms with Crippen molar-refractivity contribution in [3.63, 3.8) is 0 Å². The Labute approximate surface area is 184 Å². The number of ether oxygens (including phenoxy) is 3. The Morgan fingerprint density at radius 1 is 0.806 bits per heavy atom. The Morgan fingerprint density at radius 3 is 1.94 bits per heavy atom. The fourth-order valence-corrected chi connectivity index (χ4v) is 3.63. The third-order valence-corrected chi connectivity index (χ3v) is 5.19. The van der Waals surface area contributed by atoms with Crippen molar-refractivity contribution in [2.45, 2.75) is 25.3 Å². The Bertz CT molecular complexity index is 948. The van der Waals surface area contributed by atoms with Crippen LogP contribution >= 0.6 is 0 Å². The molecule has 0 heterocycles. The Morgan fingerprint density at radius 2 is 1.39 bits per heavy atom. The van der Waals surface area contributed by atoms with Gasteiger partial charge in [0.15, 0.2) is 11.5 Å². The van der Waals surface area contributed by atoms with E-state index in [0.717, 1.165) is 24.0 Å². The molecule has 0 radical (unpaired) electrons. The van der Waals surface area contributed by atoms with Crippen LogP contribution in [-0.2, 0) is 17.6 Å². The quantitative estimate of drug-likeness (QED) is 0.515. The lowest BCUT2D eigenvalue weighted by Crippen LogP contribution is -2.30. The van der Waals surface area contributed by atoms with Gasteiger partial charge in [-0.1, -0.05) is 60.7 Å². The van der Waals surface area contributed by atoms with Gasteiger partial charge in [-0.2, -0.15) is 0 Å². The van der Waals surface area contributed by atoms with Crippen LogP contribution < -0.4 is 19.5 Å². The summed E-state index contributed by atoms with van der Waals surface area (Å²) in [6.45, 7) is 0. The Balaban J connectivity index is 1.74. The highest BCUT2D eigenvalue weighted by molar-refractivity contribution is 5.79. The van der Waals surface area contributed by atoms with Crippen molar-refractivity contribution in [1.29, 1.82) is 0 Å². The molecule has 1 unspecified atom stereocenters. The number of aryl methyl sites for hydroxylation is 1. The molecule has 0 spiro atoms. The molecule has 3 aromatic rings. The summed E-state index contributed by atoms with van der Waals surface area (Å²) in [5.41, 5.74) is 3.14. The number of methoxy groups -OCH3 is 3. The van der Waals surface area contributed by atoms with Crippen LogP contribution in [-0.4, -0.2) is 27.2 Å². The first-order chi connectivity index (χ1) is 15.1. The summed E-state index contributed by atoms with van der Waals surface area (Å²) in [7, 11) is 4.69. The van der Waals surface area contributed by atoms with Crippen LogP contribution in [0.1, 0.15) is 29.2 Å². The smallest absolute Gasteiger partial charge is 0.224 e. The molecule has 3 aromatic carbocycles. The molecule has 0 aliphatic heterocycles. The van der Waals surface area contributed by atoms with E-state index in [1.807, 2.05) is 48.5 Å². The molecule has 5 nitrogen and oxygen atoms in total. The van der Waals surface area contributed by atoms with Crippen molar-refractivity contribution in [3.8, 4) is 17.2 Å². The van der Waals surface area contributed by atoms with Gasteiger partial charge in [0.2, 0.25) is 11.7 Å². The summed E-state index contributed by atoms with van der Waals surface area (Å²) in [5, 5.41) is 3.20. The minimum Gasteiger partial charge on any atom is -0.493 e. The molecule has 0 aromatic heterocycles.